The van der Waals surface area contributed by atoms with E-state index in [4.69, 9.17) is 4.74 Å². The van der Waals surface area contributed by atoms with Crippen LogP contribution in [0.15, 0.2) is 30.3 Å². The first kappa shape index (κ1) is 19.1. The van der Waals surface area contributed by atoms with Crippen LogP contribution in [0.3, 0.4) is 0 Å². The van der Waals surface area contributed by atoms with Gasteiger partial charge in [0.2, 0.25) is 0 Å². The number of rotatable bonds is 6. The Morgan fingerprint density at radius 1 is 1.23 bits per heavy atom. The third-order valence-corrected chi connectivity index (χ3v) is 5.83. The van der Waals surface area contributed by atoms with Gasteiger partial charge < -0.3 is 4.74 Å². The summed E-state index contributed by atoms with van der Waals surface area (Å²) >= 11 is 0. The molecule has 1 atom stereocenters. The first-order chi connectivity index (χ1) is 12.3. The van der Waals surface area contributed by atoms with Crippen molar-refractivity contribution in [2.75, 3.05) is 31.7 Å². The average molecular weight is 378 g/mol. The zero-order chi connectivity index (χ0) is 18.7. The van der Waals surface area contributed by atoms with Gasteiger partial charge in [-0.3, -0.25) is 9.58 Å². The molecule has 1 saturated heterocycles. The molecule has 1 aromatic heterocycles. The minimum absolute atomic E-state index is 0.0887. The van der Waals surface area contributed by atoms with Gasteiger partial charge in [0.15, 0.2) is 0 Å². The number of benzene rings is 1. The van der Waals surface area contributed by atoms with Gasteiger partial charge in [0.05, 0.1) is 30.7 Å². The van der Waals surface area contributed by atoms with Crippen molar-refractivity contribution in [2.45, 2.75) is 33.0 Å². The van der Waals surface area contributed by atoms with Crippen molar-refractivity contribution in [3.63, 3.8) is 0 Å². The molecule has 0 amide bonds. The Morgan fingerprint density at radius 3 is 2.65 bits per heavy atom. The lowest BCUT2D eigenvalue weighted by Gasteiger charge is -2.33. The molecule has 0 spiro atoms. The normalized spacial score (nSPS) is 19.0. The maximum Gasteiger partial charge on any atom is 0.149 e. The molecule has 1 aliphatic heterocycles. The molecule has 26 heavy (non-hydrogen) atoms. The van der Waals surface area contributed by atoms with Crippen molar-refractivity contribution in [1.82, 2.24) is 14.7 Å². The molecular weight excluding hydrogens is 350 g/mol. The third kappa shape index (κ3) is 4.72. The Morgan fingerprint density at radius 2 is 1.96 bits per heavy atom. The molecular formula is C19H27N3O3S. The Bertz CT molecular complexity index is 846. The number of sulfone groups is 1. The molecule has 0 aliphatic carbocycles. The van der Waals surface area contributed by atoms with Gasteiger partial charge in [-0.05, 0) is 19.4 Å². The summed E-state index contributed by atoms with van der Waals surface area (Å²) < 4.78 is 30.6. The molecule has 7 heteroatoms. The Balaban J connectivity index is 1.69. The first-order valence-corrected chi connectivity index (χ1v) is 11.0. The second-order valence-corrected chi connectivity index (χ2v) is 9.27. The SMILES string of the molecule is Cc1nn(CCS(C)(=O)=O)c(C)c1CN1CCO[C@@H](c2ccccc2)C1. The Hall–Kier alpha value is -1.70. The summed E-state index contributed by atoms with van der Waals surface area (Å²) in [5.74, 6) is 0.113. The van der Waals surface area contributed by atoms with E-state index in [9.17, 15) is 8.42 Å². The monoisotopic (exact) mass is 377 g/mol. The molecule has 3 rings (SSSR count). The zero-order valence-corrected chi connectivity index (χ0v) is 16.5. The van der Waals surface area contributed by atoms with Gasteiger partial charge in [-0.25, -0.2) is 8.42 Å². The highest BCUT2D eigenvalue weighted by atomic mass is 32.2. The molecule has 1 fully saturated rings. The second kappa shape index (κ2) is 7.90. The van der Waals surface area contributed by atoms with Crippen molar-refractivity contribution < 1.29 is 13.2 Å². The van der Waals surface area contributed by atoms with Crippen molar-refractivity contribution in [2.24, 2.45) is 0 Å². The van der Waals surface area contributed by atoms with Crippen LogP contribution >= 0.6 is 0 Å². The lowest BCUT2D eigenvalue weighted by atomic mass is 10.1. The number of morpholine rings is 1. The highest BCUT2D eigenvalue weighted by Gasteiger charge is 2.24. The van der Waals surface area contributed by atoms with Crippen LogP contribution in [0.4, 0.5) is 0 Å². The van der Waals surface area contributed by atoms with Gasteiger partial charge >= 0.3 is 0 Å². The summed E-state index contributed by atoms with van der Waals surface area (Å²) in [5, 5.41) is 4.55. The van der Waals surface area contributed by atoms with E-state index in [1.165, 1.54) is 17.4 Å². The van der Waals surface area contributed by atoms with E-state index in [-0.39, 0.29) is 11.9 Å². The number of ether oxygens (including phenoxy) is 1. The second-order valence-electron chi connectivity index (χ2n) is 7.01. The molecule has 2 aromatic rings. The van der Waals surface area contributed by atoms with E-state index < -0.39 is 9.84 Å². The van der Waals surface area contributed by atoms with Crippen LogP contribution in [0.5, 0.6) is 0 Å². The summed E-state index contributed by atoms with van der Waals surface area (Å²) in [4.78, 5) is 2.39. The molecule has 6 nitrogen and oxygen atoms in total. The molecule has 142 valence electrons. The maximum absolute atomic E-state index is 11.4. The topological polar surface area (TPSA) is 64.4 Å². The van der Waals surface area contributed by atoms with Crippen LogP contribution in [0, 0.1) is 13.8 Å². The van der Waals surface area contributed by atoms with Crippen molar-refractivity contribution in [3.8, 4) is 0 Å². The molecule has 1 aliphatic rings. The van der Waals surface area contributed by atoms with Crippen LogP contribution in [0.2, 0.25) is 0 Å². The van der Waals surface area contributed by atoms with E-state index >= 15 is 0 Å². The number of aryl methyl sites for hydroxylation is 2. The minimum Gasteiger partial charge on any atom is -0.371 e. The average Bonchev–Trinajstić information content (AvgIpc) is 2.88. The van der Waals surface area contributed by atoms with Crippen LogP contribution in [0.25, 0.3) is 0 Å². The fourth-order valence-corrected chi connectivity index (χ4v) is 3.88. The fraction of sp³-hybridized carbons (Fsp3) is 0.526. The molecule has 1 aromatic carbocycles. The molecule has 0 radical (unpaired) electrons. The first-order valence-electron chi connectivity index (χ1n) is 8.93. The van der Waals surface area contributed by atoms with Gasteiger partial charge in [-0.2, -0.15) is 5.10 Å². The van der Waals surface area contributed by atoms with E-state index in [1.807, 2.05) is 36.7 Å². The molecule has 0 bridgehead atoms. The summed E-state index contributed by atoms with van der Waals surface area (Å²) in [6, 6.07) is 10.3. The summed E-state index contributed by atoms with van der Waals surface area (Å²) in [5.41, 5.74) is 4.41. The maximum atomic E-state index is 11.4. The highest BCUT2D eigenvalue weighted by molar-refractivity contribution is 7.90. The standard InChI is InChI=1S/C19H27N3O3S/c1-15-18(16(2)22(20-15)10-12-26(3,23)24)13-21-9-11-25-19(14-21)17-7-5-4-6-8-17/h4-8,19H,9-14H2,1-3H3/t19-/m1/s1. The molecule has 0 saturated carbocycles. The fourth-order valence-electron chi connectivity index (χ4n) is 3.37. The van der Waals surface area contributed by atoms with Crippen LogP contribution in [-0.4, -0.2) is 54.8 Å². The van der Waals surface area contributed by atoms with E-state index in [2.05, 4.69) is 22.1 Å². The largest absolute Gasteiger partial charge is 0.371 e. The minimum atomic E-state index is -3.00. The van der Waals surface area contributed by atoms with E-state index in [0.29, 0.717) is 13.2 Å². The molecule has 0 N–H and O–H groups in total. The van der Waals surface area contributed by atoms with Crippen LogP contribution in [-0.2, 0) is 27.7 Å². The number of aromatic nitrogens is 2. The summed E-state index contributed by atoms with van der Waals surface area (Å²) in [7, 11) is -3.00. The Kier molecular flexibility index (Phi) is 5.79. The van der Waals surface area contributed by atoms with E-state index in [1.54, 1.807) is 0 Å². The lowest BCUT2D eigenvalue weighted by Crippen LogP contribution is -2.38. The molecule has 2 heterocycles. The van der Waals surface area contributed by atoms with Gasteiger partial charge in [-0.15, -0.1) is 0 Å². The number of hydrogen-bond acceptors (Lipinski definition) is 5. The number of nitrogens with zero attached hydrogens (tertiary/aromatic N) is 3. The van der Waals surface area contributed by atoms with Crippen LogP contribution < -0.4 is 0 Å². The van der Waals surface area contributed by atoms with Crippen LogP contribution in [0.1, 0.15) is 28.6 Å². The van der Waals surface area contributed by atoms with Gasteiger partial charge in [0.1, 0.15) is 9.84 Å². The van der Waals surface area contributed by atoms with Gasteiger partial charge in [0.25, 0.3) is 0 Å². The smallest absolute Gasteiger partial charge is 0.149 e. The summed E-state index contributed by atoms with van der Waals surface area (Å²) in [6.45, 7) is 7.67. The number of hydrogen-bond donors (Lipinski definition) is 0. The predicted molar refractivity (Wildman–Crippen MR) is 102 cm³/mol. The lowest BCUT2D eigenvalue weighted by molar-refractivity contribution is -0.0330. The zero-order valence-electron chi connectivity index (χ0n) is 15.7. The van der Waals surface area contributed by atoms with Crippen molar-refractivity contribution in [3.05, 3.63) is 52.8 Å². The summed E-state index contributed by atoms with van der Waals surface area (Å²) in [6.07, 6.45) is 1.35. The molecule has 0 unspecified atom stereocenters. The third-order valence-electron chi connectivity index (χ3n) is 4.91. The van der Waals surface area contributed by atoms with Crippen molar-refractivity contribution in [1.29, 1.82) is 0 Å². The van der Waals surface area contributed by atoms with Gasteiger partial charge in [-0.1, -0.05) is 30.3 Å². The van der Waals surface area contributed by atoms with Crippen molar-refractivity contribution >= 4 is 9.84 Å². The van der Waals surface area contributed by atoms with Gasteiger partial charge in [0, 0.05) is 37.1 Å². The van der Waals surface area contributed by atoms with E-state index in [0.717, 1.165) is 31.0 Å². The predicted octanol–water partition coefficient (Wildman–Crippen LogP) is 2.12. The quantitative estimate of drug-likeness (QED) is 0.772. The Labute approximate surface area is 155 Å². The highest BCUT2D eigenvalue weighted by Crippen LogP contribution is 2.24.